The number of benzene rings is 1. The second-order valence-electron chi connectivity index (χ2n) is 4.20. The van der Waals surface area contributed by atoms with E-state index in [4.69, 9.17) is 9.47 Å². The molecule has 1 aromatic rings. The smallest absolute Gasteiger partial charge is 0.311 e. The highest BCUT2D eigenvalue weighted by Crippen LogP contribution is 2.21. The van der Waals surface area contributed by atoms with E-state index in [1.54, 1.807) is 7.11 Å². The summed E-state index contributed by atoms with van der Waals surface area (Å²) in [5.41, 5.74) is 1.90. The van der Waals surface area contributed by atoms with Gasteiger partial charge >= 0.3 is 5.97 Å². The average molecular weight is 252 g/mol. The molecule has 0 heterocycles. The molecule has 1 unspecified atom stereocenters. The Morgan fingerprint density at radius 2 is 2.11 bits per heavy atom. The zero-order valence-corrected chi connectivity index (χ0v) is 10.9. The van der Waals surface area contributed by atoms with Gasteiger partial charge in [-0.1, -0.05) is 29.8 Å². The van der Waals surface area contributed by atoms with Crippen LogP contribution in [-0.2, 0) is 14.3 Å². The van der Waals surface area contributed by atoms with E-state index >= 15 is 0 Å². The SMILES string of the molecule is COCCOCCC(C(=O)O)c1cccc(C)c1. The van der Waals surface area contributed by atoms with Crippen LogP contribution in [0.2, 0.25) is 0 Å². The van der Waals surface area contributed by atoms with Crippen molar-refractivity contribution in [3.8, 4) is 0 Å². The molecule has 1 rings (SSSR count). The summed E-state index contributed by atoms with van der Waals surface area (Å²) < 4.78 is 10.2. The second kappa shape index (κ2) is 7.84. The quantitative estimate of drug-likeness (QED) is 0.721. The molecule has 0 fully saturated rings. The largest absolute Gasteiger partial charge is 0.481 e. The maximum absolute atomic E-state index is 11.3. The molecular weight excluding hydrogens is 232 g/mol. The summed E-state index contributed by atoms with van der Waals surface area (Å²) in [5.74, 6) is -1.32. The van der Waals surface area contributed by atoms with Gasteiger partial charge < -0.3 is 14.6 Å². The minimum Gasteiger partial charge on any atom is -0.481 e. The van der Waals surface area contributed by atoms with Crippen LogP contribution >= 0.6 is 0 Å². The van der Waals surface area contributed by atoms with Crippen LogP contribution in [-0.4, -0.2) is 38.0 Å². The van der Waals surface area contributed by atoms with E-state index in [1.807, 2.05) is 31.2 Å². The summed E-state index contributed by atoms with van der Waals surface area (Å²) in [6.45, 7) is 3.41. The molecule has 1 N–H and O–H groups in total. The van der Waals surface area contributed by atoms with Gasteiger partial charge in [-0.05, 0) is 18.9 Å². The van der Waals surface area contributed by atoms with E-state index in [9.17, 15) is 9.90 Å². The van der Waals surface area contributed by atoms with Crippen molar-refractivity contribution in [2.75, 3.05) is 26.9 Å². The normalized spacial score (nSPS) is 12.3. The van der Waals surface area contributed by atoms with Crippen LogP contribution < -0.4 is 0 Å². The van der Waals surface area contributed by atoms with Crippen LogP contribution in [0.1, 0.15) is 23.5 Å². The molecule has 0 saturated carbocycles. The van der Waals surface area contributed by atoms with E-state index in [2.05, 4.69) is 0 Å². The van der Waals surface area contributed by atoms with Gasteiger partial charge in [0.25, 0.3) is 0 Å². The lowest BCUT2D eigenvalue weighted by atomic mass is 9.95. The molecule has 0 saturated heterocycles. The maximum Gasteiger partial charge on any atom is 0.311 e. The molecular formula is C14H20O4. The molecule has 0 spiro atoms. The monoisotopic (exact) mass is 252 g/mol. The van der Waals surface area contributed by atoms with E-state index in [1.165, 1.54) is 0 Å². The van der Waals surface area contributed by atoms with Crippen molar-refractivity contribution < 1.29 is 19.4 Å². The van der Waals surface area contributed by atoms with Crippen LogP contribution in [0.15, 0.2) is 24.3 Å². The van der Waals surface area contributed by atoms with Crippen LogP contribution in [0, 0.1) is 6.92 Å². The topological polar surface area (TPSA) is 55.8 Å². The van der Waals surface area contributed by atoms with Gasteiger partial charge in [-0.15, -0.1) is 0 Å². The average Bonchev–Trinajstić information content (AvgIpc) is 2.33. The third kappa shape index (κ3) is 4.85. The zero-order chi connectivity index (χ0) is 13.4. The van der Waals surface area contributed by atoms with Gasteiger partial charge in [0.1, 0.15) is 0 Å². The molecule has 4 heteroatoms. The van der Waals surface area contributed by atoms with Crippen molar-refractivity contribution in [1.82, 2.24) is 0 Å². The molecule has 0 aliphatic rings. The molecule has 0 aromatic heterocycles. The van der Waals surface area contributed by atoms with Crippen LogP contribution in [0.5, 0.6) is 0 Å². The van der Waals surface area contributed by atoms with Crippen molar-refractivity contribution in [3.63, 3.8) is 0 Å². The summed E-state index contributed by atoms with van der Waals surface area (Å²) >= 11 is 0. The van der Waals surface area contributed by atoms with Crippen molar-refractivity contribution in [2.45, 2.75) is 19.3 Å². The Hall–Kier alpha value is -1.39. The van der Waals surface area contributed by atoms with Gasteiger partial charge in [-0.3, -0.25) is 4.79 Å². The Balaban J connectivity index is 2.53. The first-order valence-corrected chi connectivity index (χ1v) is 6.01. The number of aliphatic carboxylic acids is 1. The van der Waals surface area contributed by atoms with E-state index in [-0.39, 0.29) is 0 Å². The van der Waals surface area contributed by atoms with Crippen LogP contribution in [0.4, 0.5) is 0 Å². The van der Waals surface area contributed by atoms with Gasteiger partial charge in [-0.25, -0.2) is 0 Å². The minimum absolute atomic E-state index is 0.425. The molecule has 100 valence electrons. The predicted octanol–water partition coefficient (Wildman–Crippen LogP) is 2.22. The molecule has 18 heavy (non-hydrogen) atoms. The number of aryl methyl sites for hydroxylation is 1. The van der Waals surface area contributed by atoms with E-state index < -0.39 is 11.9 Å². The fraction of sp³-hybridized carbons (Fsp3) is 0.500. The number of hydrogen-bond acceptors (Lipinski definition) is 3. The van der Waals surface area contributed by atoms with Crippen LogP contribution in [0.3, 0.4) is 0 Å². The molecule has 0 aliphatic heterocycles. The molecule has 0 amide bonds. The minimum atomic E-state index is -0.809. The Kier molecular flexibility index (Phi) is 6.39. The number of hydrogen-bond donors (Lipinski definition) is 1. The van der Waals surface area contributed by atoms with Crippen molar-refractivity contribution >= 4 is 5.97 Å². The summed E-state index contributed by atoms with van der Waals surface area (Å²) in [7, 11) is 1.61. The lowest BCUT2D eigenvalue weighted by molar-refractivity contribution is -0.139. The van der Waals surface area contributed by atoms with Gasteiger partial charge in [0.2, 0.25) is 0 Å². The standard InChI is InChI=1S/C14H20O4/c1-11-4-3-5-12(10-11)13(14(15)16)6-7-18-9-8-17-2/h3-5,10,13H,6-9H2,1-2H3,(H,15,16). The van der Waals surface area contributed by atoms with Crippen LogP contribution in [0.25, 0.3) is 0 Å². The van der Waals surface area contributed by atoms with Gasteiger partial charge in [0.15, 0.2) is 0 Å². The Morgan fingerprint density at radius 3 is 2.72 bits per heavy atom. The highest BCUT2D eigenvalue weighted by Gasteiger charge is 2.19. The highest BCUT2D eigenvalue weighted by atomic mass is 16.5. The highest BCUT2D eigenvalue weighted by molar-refractivity contribution is 5.76. The van der Waals surface area contributed by atoms with Gasteiger partial charge in [-0.2, -0.15) is 0 Å². The number of carboxylic acid groups (broad SMARTS) is 1. The lowest BCUT2D eigenvalue weighted by Crippen LogP contribution is -2.15. The summed E-state index contributed by atoms with van der Waals surface area (Å²) in [5, 5.41) is 9.24. The molecule has 0 aliphatic carbocycles. The molecule has 4 nitrogen and oxygen atoms in total. The molecule has 0 bridgehead atoms. The Bertz CT molecular complexity index is 376. The fourth-order valence-corrected chi connectivity index (χ4v) is 1.77. The van der Waals surface area contributed by atoms with Gasteiger partial charge in [0.05, 0.1) is 19.1 Å². The fourth-order valence-electron chi connectivity index (χ4n) is 1.77. The zero-order valence-electron chi connectivity index (χ0n) is 10.9. The number of carbonyl (C=O) groups is 1. The first-order valence-electron chi connectivity index (χ1n) is 6.01. The molecule has 1 aromatic carbocycles. The number of rotatable bonds is 8. The first-order chi connectivity index (χ1) is 8.65. The predicted molar refractivity (Wildman–Crippen MR) is 68.9 cm³/mol. The van der Waals surface area contributed by atoms with Crippen molar-refractivity contribution in [1.29, 1.82) is 0 Å². The number of methoxy groups -OCH3 is 1. The third-order valence-electron chi connectivity index (χ3n) is 2.73. The Morgan fingerprint density at radius 1 is 1.33 bits per heavy atom. The lowest BCUT2D eigenvalue weighted by Gasteiger charge is -2.13. The molecule has 1 atom stereocenters. The maximum atomic E-state index is 11.3. The molecule has 0 radical (unpaired) electrons. The van der Waals surface area contributed by atoms with E-state index in [0.29, 0.717) is 26.2 Å². The number of carboxylic acids is 1. The second-order valence-corrected chi connectivity index (χ2v) is 4.20. The summed E-state index contributed by atoms with van der Waals surface area (Å²) in [4.78, 5) is 11.3. The summed E-state index contributed by atoms with van der Waals surface area (Å²) in [6, 6.07) is 7.60. The third-order valence-corrected chi connectivity index (χ3v) is 2.73. The summed E-state index contributed by atoms with van der Waals surface area (Å²) in [6.07, 6.45) is 0.475. The number of ether oxygens (including phenoxy) is 2. The van der Waals surface area contributed by atoms with Crippen molar-refractivity contribution in [2.24, 2.45) is 0 Å². The van der Waals surface area contributed by atoms with Gasteiger partial charge in [0, 0.05) is 13.7 Å². The van der Waals surface area contributed by atoms with Crippen molar-refractivity contribution in [3.05, 3.63) is 35.4 Å². The first kappa shape index (κ1) is 14.7. The van der Waals surface area contributed by atoms with E-state index in [0.717, 1.165) is 11.1 Å². The Labute approximate surface area is 108 Å².